The predicted octanol–water partition coefficient (Wildman–Crippen LogP) is 1.55. The molecule has 20 heavy (non-hydrogen) atoms. The van der Waals surface area contributed by atoms with Crippen molar-refractivity contribution in [2.75, 3.05) is 11.4 Å². The van der Waals surface area contributed by atoms with Crippen molar-refractivity contribution in [1.82, 2.24) is 0 Å². The van der Waals surface area contributed by atoms with Gasteiger partial charge in [-0.3, -0.25) is 4.79 Å². The first-order valence-electron chi connectivity index (χ1n) is 6.56. The molecule has 1 unspecified atom stereocenters. The van der Waals surface area contributed by atoms with E-state index in [9.17, 15) is 9.59 Å². The number of carboxylic acids is 1. The summed E-state index contributed by atoms with van der Waals surface area (Å²) in [5, 5.41) is 8.64. The molecule has 5 nitrogen and oxygen atoms in total. The monoisotopic (exact) mass is 274 g/mol. The van der Waals surface area contributed by atoms with Crippen LogP contribution in [0.3, 0.4) is 0 Å². The number of anilines is 1. The second-order valence-corrected chi connectivity index (χ2v) is 4.97. The summed E-state index contributed by atoms with van der Waals surface area (Å²) >= 11 is 0. The molecule has 1 aliphatic rings. The van der Waals surface area contributed by atoms with Gasteiger partial charge >= 0.3 is 5.97 Å². The van der Waals surface area contributed by atoms with Crippen LogP contribution in [0.4, 0.5) is 5.69 Å². The average molecular weight is 274 g/mol. The fraction of sp³-hybridized carbons (Fsp3) is 0.333. The quantitative estimate of drug-likeness (QED) is 0.816. The van der Waals surface area contributed by atoms with E-state index < -0.39 is 5.97 Å². The van der Waals surface area contributed by atoms with Crippen molar-refractivity contribution in [2.45, 2.75) is 25.8 Å². The molecule has 1 aromatic carbocycles. The Morgan fingerprint density at radius 2 is 2.20 bits per heavy atom. The van der Waals surface area contributed by atoms with Crippen LogP contribution >= 0.6 is 0 Å². The molecule has 0 aliphatic carbocycles. The number of aliphatic carboxylic acids is 1. The van der Waals surface area contributed by atoms with E-state index in [0.717, 1.165) is 42.3 Å². The van der Waals surface area contributed by atoms with Crippen molar-refractivity contribution in [3.63, 3.8) is 0 Å². The molecule has 2 rings (SSSR count). The van der Waals surface area contributed by atoms with Crippen molar-refractivity contribution in [3.8, 4) is 0 Å². The van der Waals surface area contributed by atoms with E-state index >= 15 is 0 Å². The van der Waals surface area contributed by atoms with Gasteiger partial charge in [-0.05, 0) is 49.1 Å². The van der Waals surface area contributed by atoms with Gasteiger partial charge < -0.3 is 15.7 Å². The van der Waals surface area contributed by atoms with E-state index in [2.05, 4.69) is 0 Å². The van der Waals surface area contributed by atoms with Crippen LogP contribution in [-0.2, 0) is 9.59 Å². The molecule has 1 aliphatic heterocycles. The number of carbonyl (C=O) groups is 2. The number of nitrogens with two attached hydrogens (primary N) is 1. The minimum Gasteiger partial charge on any atom is -0.478 e. The Hall–Kier alpha value is -2.30. The van der Waals surface area contributed by atoms with Crippen molar-refractivity contribution in [3.05, 3.63) is 35.4 Å². The largest absolute Gasteiger partial charge is 0.478 e. The summed E-state index contributed by atoms with van der Waals surface area (Å²) in [4.78, 5) is 24.0. The van der Waals surface area contributed by atoms with Crippen LogP contribution in [0, 0.1) is 6.92 Å². The van der Waals surface area contributed by atoms with Crippen LogP contribution in [0.15, 0.2) is 24.3 Å². The Morgan fingerprint density at radius 1 is 1.45 bits per heavy atom. The lowest BCUT2D eigenvalue weighted by Crippen LogP contribution is -2.40. The standard InChI is InChI=1S/C15H18N2O3/c1-10-9-12(6-4-11(10)5-7-14(18)19)17-8-2-3-13(17)15(16)20/h4-7,9,13H,2-3,8H2,1H3,(H2,16,20)(H,18,19). The zero-order valence-corrected chi connectivity index (χ0v) is 11.4. The van der Waals surface area contributed by atoms with Gasteiger partial charge in [-0.15, -0.1) is 0 Å². The van der Waals surface area contributed by atoms with E-state index in [-0.39, 0.29) is 11.9 Å². The summed E-state index contributed by atoms with van der Waals surface area (Å²) in [6.45, 7) is 2.73. The number of rotatable bonds is 4. The third-order valence-electron chi connectivity index (χ3n) is 3.57. The van der Waals surface area contributed by atoms with Gasteiger partial charge in [0.1, 0.15) is 6.04 Å². The predicted molar refractivity (Wildman–Crippen MR) is 77.4 cm³/mol. The zero-order chi connectivity index (χ0) is 14.7. The lowest BCUT2D eigenvalue weighted by molar-refractivity contribution is -0.131. The molecular formula is C15H18N2O3. The minimum atomic E-state index is -0.971. The van der Waals surface area contributed by atoms with E-state index in [1.807, 2.05) is 30.0 Å². The summed E-state index contributed by atoms with van der Waals surface area (Å²) in [5.74, 6) is -1.27. The normalized spacial score (nSPS) is 18.6. The van der Waals surface area contributed by atoms with Gasteiger partial charge in [-0.1, -0.05) is 6.07 Å². The summed E-state index contributed by atoms with van der Waals surface area (Å²) in [6, 6.07) is 5.48. The molecule has 1 amide bonds. The Balaban J connectivity index is 2.25. The Labute approximate surface area is 117 Å². The number of aryl methyl sites for hydroxylation is 1. The summed E-state index contributed by atoms with van der Waals surface area (Å²) in [6.07, 6.45) is 4.42. The van der Waals surface area contributed by atoms with Crippen LogP contribution in [-0.4, -0.2) is 29.6 Å². The lowest BCUT2D eigenvalue weighted by Gasteiger charge is -2.25. The van der Waals surface area contributed by atoms with Crippen LogP contribution in [0.25, 0.3) is 6.08 Å². The molecule has 0 bridgehead atoms. The first-order valence-corrected chi connectivity index (χ1v) is 6.56. The summed E-state index contributed by atoms with van der Waals surface area (Å²) in [7, 11) is 0. The lowest BCUT2D eigenvalue weighted by atomic mass is 10.1. The molecule has 1 heterocycles. The second kappa shape index (κ2) is 5.77. The number of carbonyl (C=O) groups excluding carboxylic acids is 1. The number of primary amides is 1. The van der Waals surface area contributed by atoms with Gasteiger partial charge in [0.25, 0.3) is 0 Å². The molecule has 1 atom stereocenters. The minimum absolute atomic E-state index is 0.241. The third-order valence-corrected chi connectivity index (χ3v) is 3.57. The summed E-state index contributed by atoms with van der Waals surface area (Å²) < 4.78 is 0. The Bertz CT molecular complexity index is 566. The van der Waals surface area contributed by atoms with E-state index in [4.69, 9.17) is 10.8 Å². The van der Waals surface area contributed by atoms with Crippen LogP contribution in [0.5, 0.6) is 0 Å². The second-order valence-electron chi connectivity index (χ2n) is 4.97. The molecule has 1 fully saturated rings. The first kappa shape index (κ1) is 14.1. The van der Waals surface area contributed by atoms with Gasteiger partial charge in [0, 0.05) is 18.3 Å². The third kappa shape index (κ3) is 2.99. The van der Waals surface area contributed by atoms with Crippen molar-refractivity contribution in [1.29, 1.82) is 0 Å². The first-order chi connectivity index (χ1) is 9.49. The number of amides is 1. The topological polar surface area (TPSA) is 83.6 Å². The highest BCUT2D eigenvalue weighted by atomic mass is 16.4. The fourth-order valence-electron chi connectivity index (χ4n) is 2.56. The highest BCUT2D eigenvalue weighted by Crippen LogP contribution is 2.27. The highest BCUT2D eigenvalue weighted by molar-refractivity contribution is 5.86. The maximum Gasteiger partial charge on any atom is 0.328 e. The molecule has 0 saturated carbocycles. The zero-order valence-electron chi connectivity index (χ0n) is 11.4. The van der Waals surface area contributed by atoms with E-state index in [0.29, 0.717) is 0 Å². The van der Waals surface area contributed by atoms with Gasteiger partial charge in [0.05, 0.1) is 0 Å². The molecule has 0 spiro atoms. The molecule has 0 aromatic heterocycles. The average Bonchev–Trinajstić information content (AvgIpc) is 2.86. The molecule has 3 N–H and O–H groups in total. The van der Waals surface area contributed by atoms with Crippen molar-refractivity contribution in [2.24, 2.45) is 5.73 Å². The number of nitrogens with zero attached hydrogens (tertiary/aromatic N) is 1. The van der Waals surface area contributed by atoms with Gasteiger partial charge in [-0.25, -0.2) is 4.79 Å². The maximum absolute atomic E-state index is 11.4. The molecule has 1 saturated heterocycles. The van der Waals surface area contributed by atoms with Crippen LogP contribution < -0.4 is 10.6 Å². The number of carboxylic acid groups (broad SMARTS) is 1. The molecule has 106 valence electrons. The van der Waals surface area contributed by atoms with Gasteiger partial charge in [0.2, 0.25) is 5.91 Å². The summed E-state index contributed by atoms with van der Waals surface area (Å²) in [5.41, 5.74) is 8.19. The smallest absolute Gasteiger partial charge is 0.328 e. The van der Waals surface area contributed by atoms with Crippen molar-refractivity contribution >= 4 is 23.6 Å². The maximum atomic E-state index is 11.4. The Kier molecular flexibility index (Phi) is 4.08. The Morgan fingerprint density at radius 3 is 2.80 bits per heavy atom. The molecular weight excluding hydrogens is 256 g/mol. The fourth-order valence-corrected chi connectivity index (χ4v) is 2.56. The van der Waals surface area contributed by atoms with Crippen LogP contribution in [0.1, 0.15) is 24.0 Å². The molecule has 5 heteroatoms. The molecule has 0 radical (unpaired) electrons. The van der Waals surface area contributed by atoms with Gasteiger partial charge in [-0.2, -0.15) is 0 Å². The number of hydrogen-bond acceptors (Lipinski definition) is 3. The number of benzene rings is 1. The SMILES string of the molecule is Cc1cc(N2CCCC2C(N)=O)ccc1C=CC(=O)O. The number of hydrogen-bond donors (Lipinski definition) is 2. The van der Waals surface area contributed by atoms with E-state index in [1.165, 1.54) is 0 Å². The highest BCUT2D eigenvalue weighted by Gasteiger charge is 2.29. The van der Waals surface area contributed by atoms with E-state index in [1.54, 1.807) is 6.08 Å². The van der Waals surface area contributed by atoms with Gasteiger partial charge in [0.15, 0.2) is 0 Å². The molecule has 1 aromatic rings. The van der Waals surface area contributed by atoms with Crippen LogP contribution in [0.2, 0.25) is 0 Å². The van der Waals surface area contributed by atoms with Crippen molar-refractivity contribution < 1.29 is 14.7 Å².